The van der Waals surface area contributed by atoms with Crippen LogP contribution in [0.15, 0.2) is 6.20 Å². The van der Waals surface area contributed by atoms with E-state index in [0.717, 1.165) is 33.7 Å². The number of hydrogen-bond acceptors (Lipinski definition) is 5. The lowest BCUT2D eigenvalue weighted by Crippen LogP contribution is -2.19. The highest BCUT2D eigenvalue weighted by atomic mass is 35.5. The van der Waals surface area contributed by atoms with Crippen molar-refractivity contribution >= 4 is 28.6 Å². The van der Waals surface area contributed by atoms with E-state index < -0.39 is 0 Å². The standard InChI is InChI=1S/C15H17ClN6O/c1-7-5-18-10(8(2)12(7)23-4)6-22-14-11(9(3)21-22)13(16)19-15(17)20-14/h5H,6H2,1-4H3,(H2,17,19,20)/p+1. The van der Waals surface area contributed by atoms with Gasteiger partial charge in [0, 0.05) is 0 Å². The van der Waals surface area contributed by atoms with Crippen LogP contribution in [0.4, 0.5) is 5.95 Å². The van der Waals surface area contributed by atoms with Crippen LogP contribution >= 0.6 is 11.6 Å². The van der Waals surface area contributed by atoms with Crippen LogP contribution < -0.4 is 15.5 Å². The average Bonchev–Trinajstić information content (AvgIpc) is 2.79. The number of fused-ring (bicyclic) bond motifs is 1. The molecule has 3 aromatic rings. The highest BCUT2D eigenvalue weighted by Gasteiger charge is 2.19. The molecule has 0 unspecified atom stereocenters. The number of halogens is 1. The van der Waals surface area contributed by atoms with E-state index in [2.05, 4.69) is 20.1 Å². The number of nitrogen functional groups attached to an aromatic ring is 1. The van der Waals surface area contributed by atoms with E-state index in [0.29, 0.717) is 17.3 Å². The van der Waals surface area contributed by atoms with Gasteiger partial charge in [-0.25, -0.2) is 14.6 Å². The Hall–Kier alpha value is -2.41. The third-order valence-electron chi connectivity index (χ3n) is 3.87. The van der Waals surface area contributed by atoms with Crippen molar-refractivity contribution in [1.82, 2.24) is 19.7 Å². The number of rotatable bonds is 3. The van der Waals surface area contributed by atoms with Gasteiger partial charge < -0.3 is 10.5 Å². The van der Waals surface area contributed by atoms with E-state index in [-0.39, 0.29) is 5.95 Å². The van der Waals surface area contributed by atoms with E-state index in [1.165, 1.54) is 0 Å². The first-order valence-corrected chi connectivity index (χ1v) is 7.51. The number of hydrogen-bond donors (Lipinski definition) is 1. The van der Waals surface area contributed by atoms with Crippen molar-refractivity contribution in [2.45, 2.75) is 27.3 Å². The Kier molecular flexibility index (Phi) is 3.81. The van der Waals surface area contributed by atoms with Crippen molar-refractivity contribution in [2.24, 2.45) is 0 Å². The van der Waals surface area contributed by atoms with Crippen molar-refractivity contribution in [3.63, 3.8) is 0 Å². The van der Waals surface area contributed by atoms with Crippen molar-refractivity contribution in [1.29, 1.82) is 0 Å². The van der Waals surface area contributed by atoms with E-state index in [9.17, 15) is 0 Å². The van der Waals surface area contributed by atoms with Gasteiger partial charge in [0.1, 0.15) is 17.4 Å². The molecule has 0 radical (unpaired) electrons. The number of nitrogens with zero attached hydrogens (tertiary/aromatic N) is 4. The predicted molar refractivity (Wildman–Crippen MR) is 87.6 cm³/mol. The number of aromatic nitrogens is 5. The fourth-order valence-corrected chi connectivity index (χ4v) is 3.06. The summed E-state index contributed by atoms with van der Waals surface area (Å²) in [6, 6.07) is 0. The summed E-state index contributed by atoms with van der Waals surface area (Å²) < 4.78 is 7.23. The molecular formula is C15H18ClN6O+. The third-order valence-corrected chi connectivity index (χ3v) is 4.14. The molecule has 120 valence electrons. The van der Waals surface area contributed by atoms with Crippen LogP contribution in [0.25, 0.3) is 11.0 Å². The minimum absolute atomic E-state index is 0.130. The summed E-state index contributed by atoms with van der Waals surface area (Å²) in [5.41, 5.74) is 10.2. The summed E-state index contributed by atoms with van der Waals surface area (Å²) in [4.78, 5) is 11.6. The molecule has 3 heterocycles. The zero-order valence-corrected chi connectivity index (χ0v) is 14.2. The smallest absolute Gasteiger partial charge is 0.223 e. The number of nitrogens with two attached hydrogens (primary N) is 1. The molecule has 3 N–H and O–H groups in total. The first kappa shape index (κ1) is 15.5. The molecule has 3 aromatic heterocycles. The Morgan fingerprint density at radius 2 is 2.04 bits per heavy atom. The van der Waals surface area contributed by atoms with Gasteiger partial charge in [-0.3, -0.25) is 0 Å². The molecule has 0 amide bonds. The topological polar surface area (TPSA) is 93.0 Å². The average molecular weight is 334 g/mol. The van der Waals surface area contributed by atoms with Gasteiger partial charge in [0.25, 0.3) is 0 Å². The Morgan fingerprint density at radius 1 is 1.30 bits per heavy atom. The number of anilines is 1. The SMILES string of the molecule is COc1c(C)c[nH+]c(Cn2nc(C)c3c(Cl)nc(N)nc32)c1C. The van der Waals surface area contributed by atoms with Crippen molar-refractivity contribution < 1.29 is 9.72 Å². The van der Waals surface area contributed by atoms with Crippen LogP contribution in [-0.4, -0.2) is 26.9 Å². The molecule has 0 fully saturated rings. The van der Waals surface area contributed by atoms with Gasteiger partial charge in [0.15, 0.2) is 11.8 Å². The second-order valence-corrected chi connectivity index (χ2v) is 5.78. The highest BCUT2D eigenvalue weighted by molar-refractivity contribution is 6.34. The number of aryl methyl sites for hydroxylation is 2. The van der Waals surface area contributed by atoms with Crippen LogP contribution in [0.2, 0.25) is 5.15 Å². The molecule has 0 bridgehead atoms. The molecule has 0 saturated heterocycles. The minimum Gasteiger partial charge on any atom is -0.496 e. The summed E-state index contributed by atoms with van der Waals surface area (Å²) >= 11 is 6.17. The number of aromatic amines is 1. The van der Waals surface area contributed by atoms with Gasteiger partial charge in [-0.2, -0.15) is 10.1 Å². The zero-order chi connectivity index (χ0) is 16.7. The van der Waals surface area contributed by atoms with Crippen LogP contribution in [0, 0.1) is 20.8 Å². The third kappa shape index (κ3) is 2.57. The molecule has 23 heavy (non-hydrogen) atoms. The fourth-order valence-electron chi connectivity index (χ4n) is 2.75. The van der Waals surface area contributed by atoms with Crippen molar-refractivity contribution in [3.8, 4) is 5.75 Å². The van der Waals surface area contributed by atoms with Gasteiger partial charge in [-0.15, -0.1) is 0 Å². The molecule has 0 aliphatic rings. The first-order valence-electron chi connectivity index (χ1n) is 7.13. The molecule has 7 nitrogen and oxygen atoms in total. The quantitative estimate of drug-likeness (QED) is 0.738. The Bertz CT molecular complexity index is 905. The lowest BCUT2D eigenvalue weighted by Gasteiger charge is -2.08. The maximum atomic E-state index is 6.17. The van der Waals surface area contributed by atoms with E-state index in [4.69, 9.17) is 22.1 Å². The lowest BCUT2D eigenvalue weighted by molar-refractivity contribution is -0.392. The fraction of sp³-hybridized carbons (Fsp3) is 0.333. The van der Waals surface area contributed by atoms with Crippen molar-refractivity contribution in [2.75, 3.05) is 12.8 Å². The van der Waals surface area contributed by atoms with Gasteiger partial charge >= 0.3 is 0 Å². The molecule has 0 atom stereocenters. The maximum absolute atomic E-state index is 6.17. The molecule has 8 heteroatoms. The van der Waals surface area contributed by atoms with E-state index in [1.54, 1.807) is 11.8 Å². The number of methoxy groups -OCH3 is 1. The molecular weight excluding hydrogens is 316 g/mol. The number of ether oxygens (including phenoxy) is 1. The molecule has 0 aromatic carbocycles. The second-order valence-electron chi connectivity index (χ2n) is 5.42. The first-order chi connectivity index (χ1) is 10.9. The summed E-state index contributed by atoms with van der Waals surface area (Å²) in [5.74, 6) is 0.991. The predicted octanol–water partition coefficient (Wildman–Crippen LogP) is 1.86. The molecule has 0 saturated carbocycles. The Labute approximate surface area is 138 Å². The highest BCUT2D eigenvalue weighted by Crippen LogP contribution is 2.26. The zero-order valence-electron chi connectivity index (χ0n) is 13.4. The van der Waals surface area contributed by atoms with Crippen LogP contribution in [0.3, 0.4) is 0 Å². The summed E-state index contributed by atoms with van der Waals surface area (Å²) in [5, 5.41) is 5.56. The van der Waals surface area contributed by atoms with Crippen LogP contribution in [-0.2, 0) is 6.54 Å². The van der Waals surface area contributed by atoms with Gasteiger partial charge in [-0.05, 0) is 20.8 Å². The molecule has 0 aliphatic carbocycles. The van der Waals surface area contributed by atoms with E-state index in [1.807, 2.05) is 27.0 Å². The van der Waals surface area contributed by atoms with E-state index >= 15 is 0 Å². The summed E-state index contributed by atoms with van der Waals surface area (Å²) in [6.45, 7) is 6.37. The van der Waals surface area contributed by atoms with Gasteiger partial charge in [0.2, 0.25) is 11.6 Å². The number of pyridine rings is 1. The second kappa shape index (κ2) is 5.66. The number of H-pyrrole nitrogens is 1. The molecule has 0 spiro atoms. The Balaban J connectivity index is 2.13. The molecule has 0 aliphatic heterocycles. The maximum Gasteiger partial charge on any atom is 0.223 e. The normalized spacial score (nSPS) is 11.2. The monoisotopic (exact) mass is 333 g/mol. The summed E-state index contributed by atoms with van der Waals surface area (Å²) in [7, 11) is 1.67. The molecule has 3 rings (SSSR count). The van der Waals surface area contributed by atoms with Gasteiger partial charge in [0.05, 0.1) is 29.3 Å². The van der Waals surface area contributed by atoms with Gasteiger partial charge in [-0.1, -0.05) is 11.6 Å². The van der Waals surface area contributed by atoms with Crippen molar-refractivity contribution in [3.05, 3.63) is 33.9 Å². The summed E-state index contributed by atoms with van der Waals surface area (Å²) in [6.07, 6.45) is 1.91. The van der Waals surface area contributed by atoms with Crippen LogP contribution in [0.1, 0.15) is 22.5 Å². The lowest BCUT2D eigenvalue weighted by atomic mass is 10.1. The minimum atomic E-state index is 0.130. The van der Waals surface area contributed by atoms with Crippen LogP contribution in [0.5, 0.6) is 5.75 Å². The largest absolute Gasteiger partial charge is 0.496 e. The number of nitrogens with one attached hydrogen (secondary N) is 1. The Morgan fingerprint density at radius 3 is 2.74 bits per heavy atom.